The molecule has 1 heterocycles. The van der Waals surface area contributed by atoms with Crippen LogP contribution in [0.15, 0.2) is 72.8 Å². The lowest BCUT2D eigenvalue weighted by molar-refractivity contribution is -0.139. The van der Waals surface area contributed by atoms with Gasteiger partial charge in [0, 0.05) is 11.1 Å². The number of aromatic nitrogens is 2. The highest BCUT2D eigenvalue weighted by atomic mass is 16.4. The Hall–Kier alpha value is -4.65. The number of hydrogen-bond donors (Lipinski definition) is 4. The number of H-pyrrole nitrogens is 1. The van der Waals surface area contributed by atoms with Crippen LogP contribution in [0.4, 0.5) is 0 Å². The number of imidazole rings is 1. The molecule has 7 nitrogen and oxygen atoms in total. The molecule has 0 fully saturated rings. The number of fused-ring (bicyclic) bond motifs is 3. The Kier molecular flexibility index (Phi) is 7.30. The average molecular weight is 550 g/mol. The number of carbonyl (C=O) groups is 2. The minimum absolute atomic E-state index is 0.0855. The van der Waals surface area contributed by atoms with Crippen LogP contribution in [0.5, 0.6) is 5.75 Å². The zero-order valence-corrected chi connectivity index (χ0v) is 23.9. The maximum Gasteiger partial charge on any atom is 0.326 e. The molecular weight excluding hydrogens is 514 g/mol. The topological polar surface area (TPSA) is 115 Å². The fourth-order valence-corrected chi connectivity index (χ4v) is 5.12. The van der Waals surface area contributed by atoms with E-state index in [2.05, 4.69) is 67.5 Å². The minimum Gasteiger partial charge on any atom is -0.507 e. The Morgan fingerprint density at radius 1 is 0.927 bits per heavy atom. The normalized spacial score (nSPS) is 12.6. The van der Waals surface area contributed by atoms with Crippen LogP contribution in [0.3, 0.4) is 0 Å². The molecule has 4 N–H and O–H groups in total. The lowest BCUT2D eigenvalue weighted by atomic mass is 9.86. The van der Waals surface area contributed by atoms with Crippen LogP contribution in [0.1, 0.15) is 57.0 Å². The first-order valence-electron chi connectivity index (χ1n) is 13.8. The molecule has 0 bridgehead atoms. The van der Waals surface area contributed by atoms with Crippen molar-refractivity contribution >= 4 is 33.7 Å². The number of nitrogens with one attached hydrogen (secondary N) is 2. The van der Waals surface area contributed by atoms with Gasteiger partial charge in [0.1, 0.15) is 23.1 Å². The van der Waals surface area contributed by atoms with Crippen molar-refractivity contribution in [2.24, 2.45) is 5.92 Å². The molecule has 210 valence electrons. The van der Waals surface area contributed by atoms with Gasteiger partial charge in [-0.2, -0.15) is 0 Å². The number of aliphatic carboxylic acids is 1. The highest BCUT2D eigenvalue weighted by molar-refractivity contribution is 6.11. The molecule has 0 aliphatic heterocycles. The zero-order chi connectivity index (χ0) is 29.5. The molecule has 0 aliphatic carbocycles. The van der Waals surface area contributed by atoms with E-state index in [-0.39, 0.29) is 22.6 Å². The summed E-state index contributed by atoms with van der Waals surface area (Å²) in [6.45, 7) is 10.4. The van der Waals surface area contributed by atoms with Gasteiger partial charge >= 0.3 is 5.97 Å². The standard InChI is InChI=1S/C34H35N3O4/c1-19(2)15-27(33(40)41)36-32(39)24-17-22-11-14-26-30(29(22)28(38)18-24)37-31(35-26)23-8-6-7-21(16-23)20-9-12-25(13-10-20)34(3,4)5/h6-14,16-19,27,38H,15H2,1-5H3,(H,35,37)(H,36,39)(H,40,41). The molecular formula is C34H35N3O4. The van der Waals surface area contributed by atoms with Crippen molar-refractivity contribution in [2.75, 3.05) is 0 Å². The second kappa shape index (κ2) is 10.7. The van der Waals surface area contributed by atoms with Crippen molar-refractivity contribution in [3.8, 4) is 28.3 Å². The van der Waals surface area contributed by atoms with E-state index in [9.17, 15) is 19.8 Å². The van der Waals surface area contributed by atoms with Crippen molar-refractivity contribution in [1.82, 2.24) is 15.3 Å². The van der Waals surface area contributed by atoms with Crippen LogP contribution in [0.2, 0.25) is 0 Å². The summed E-state index contributed by atoms with van der Waals surface area (Å²) in [6, 6.07) is 22.4. The molecule has 0 aliphatic rings. The maximum absolute atomic E-state index is 12.9. The van der Waals surface area contributed by atoms with E-state index in [1.165, 1.54) is 11.6 Å². The van der Waals surface area contributed by atoms with Gasteiger partial charge in [-0.25, -0.2) is 9.78 Å². The van der Waals surface area contributed by atoms with Crippen LogP contribution in [0, 0.1) is 5.92 Å². The SMILES string of the molecule is CC(C)CC(NC(=O)c1cc(O)c2c(ccc3[nH]c(-c4cccc(-c5ccc(C(C)(C)C)cc5)c4)nc32)c1)C(=O)O. The van der Waals surface area contributed by atoms with Crippen molar-refractivity contribution in [2.45, 2.75) is 52.5 Å². The van der Waals surface area contributed by atoms with E-state index < -0.39 is 17.9 Å². The van der Waals surface area contributed by atoms with Crippen LogP contribution in [-0.4, -0.2) is 38.1 Å². The van der Waals surface area contributed by atoms with Gasteiger partial charge in [-0.15, -0.1) is 0 Å². The summed E-state index contributed by atoms with van der Waals surface area (Å²) in [5, 5.41) is 24.2. The van der Waals surface area contributed by atoms with E-state index in [4.69, 9.17) is 4.98 Å². The molecule has 7 heteroatoms. The lowest BCUT2D eigenvalue weighted by Gasteiger charge is -2.19. The first-order chi connectivity index (χ1) is 19.4. The molecule has 0 saturated carbocycles. The maximum atomic E-state index is 12.9. The fraction of sp³-hybridized carbons (Fsp3) is 0.265. The Labute approximate surface area is 239 Å². The van der Waals surface area contributed by atoms with E-state index in [1.54, 1.807) is 6.07 Å². The number of nitrogens with zero attached hydrogens (tertiary/aromatic N) is 1. The first kappa shape index (κ1) is 27.9. The zero-order valence-electron chi connectivity index (χ0n) is 23.9. The van der Waals surface area contributed by atoms with Gasteiger partial charge in [0.25, 0.3) is 5.91 Å². The number of phenolic OH excluding ortho intramolecular Hbond substituents is 1. The van der Waals surface area contributed by atoms with Gasteiger partial charge in [0.05, 0.1) is 10.9 Å². The van der Waals surface area contributed by atoms with Gasteiger partial charge in [-0.3, -0.25) is 4.79 Å². The summed E-state index contributed by atoms with van der Waals surface area (Å²) in [6.07, 6.45) is 0.306. The van der Waals surface area contributed by atoms with Gasteiger partial charge in [-0.05, 0) is 64.1 Å². The van der Waals surface area contributed by atoms with E-state index >= 15 is 0 Å². The van der Waals surface area contributed by atoms with Crippen molar-refractivity contribution in [1.29, 1.82) is 0 Å². The monoisotopic (exact) mass is 549 g/mol. The summed E-state index contributed by atoms with van der Waals surface area (Å²) in [5.41, 5.74) is 5.99. The number of hydrogen-bond acceptors (Lipinski definition) is 4. The number of phenols is 1. The molecule has 1 atom stereocenters. The second-order valence-electron chi connectivity index (χ2n) is 12.0. The van der Waals surface area contributed by atoms with Crippen LogP contribution in [0.25, 0.3) is 44.3 Å². The quantitative estimate of drug-likeness (QED) is 0.170. The highest BCUT2D eigenvalue weighted by Crippen LogP contribution is 2.35. The predicted molar refractivity (Wildman–Crippen MR) is 163 cm³/mol. The molecule has 1 aromatic heterocycles. The number of carboxylic acid groups (broad SMARTS) is 1. The summed E-state index contributed by atoms with van der Waals surface area (Å²) in [5.74, 6) is -0.975. The molecule has 0 saturated heterocycles. The molecule has 5 rings (SSSR count). The predicted octanol–water partition coefficient (Wildman–Crippen LogP) is 7.28. The third kappa shape index (κ3) is 5.80. The summed E-state index contributed by atoms with van der Waals surface area (Å²) < 4.78 is 0. The Balaban J connectivity index is 1.48. The van der Waals surface area contributed by atoms with Crippen LogP contribution >= 0.6 is 0 Å². The largest absolute Gasteiger partial charge is 0.507 e. The fourth-order valence-electron chi connectivity index (χ4n) is 5.12. The van der Waals surface area contributed by atoms with Gasteiger partial charge < -0.3 is 20.5 Å². The van der Waals surface area contributed by atoms with Gasteiger partial charge in [0.15, 0.2) is 0 Å². The molecule has 4 aromatic carbocycles. The number of carboxylic acids is 1. The third-order valence-electron chi connectivity index (χ3n) is 7.34. The smallest absolute Gasteiger partial charge is 0.326 e. The summed E-state index contributed by atoms with van der Waals surface area (Å²) in [7, 11) is 0. The highest BCUT2D eigenvalue weighted by Gasteiger charge is 2.23. The Morgan fingerprint density at radius 3 is 2.29 bits per heavy atom. The molecule has 1 unspecified atom stereocenters. The number of amides is 1. The van der Waals surface area contributed by atoms with Gasteiger partial charge in [-0.1, -0.05) is 83.1 Å². The number of benzene rings is 4. The second-order valence-corrected chi connectivity index (χ2v) is 12.0. The summed E-state index contributed by atoms with van der Waals surface area (Å²) in [4.78, 5) is 32.7. The number of rotatable bonds is 7. The van der Waals surface area contributed by atoms with Crippen molar-refractivity contribution < 1.29 is 19.8 Å². The first-order valence-corrected chi connectivity index (χ1v) is 13.8. The lowest BCUT2D eigenvalue weighted by Crippen LogP contribution is -2.41. The molecule has 41 heavy (non-hydrogen) atoms. The molecule has 0 radical (unpaired) electrons. The van der Waals surface area contributed by atoms with E-state index in [0.29, 0.717) is 28.5 Å². The Bertz CT molecular complexity index is 1760. The van der Waals surface area contributed by atoms with Crippen LogP contribution < -0.4 is 5.32 Å². The number of carbonyl (C=O) groups excluding carboxylic acids is 1. The van der Waals surface area contributed by atoms with Crippen molar-refractivity contribution in [3.63, 3.8) is 0 Å². The summed E-state index contributed by atoms with van der Waals surface area (Å²) >= 11 is 0. The van der Waals surface area contributed by atoms with E-state index in [0.717, 1.165) is 22.2 Å². The number of aromatic amines is 1. The molecule has 1 amide bonds. The average Bonchev–Trinajstić information content (AvgIpc) is 3.36. The molecule has 5 aromatic rings. The molecule has 0 spiro atoms. The minimum atomic E-state index is -1.09. The van der Waals surface area contributed by atoms with Crippen LogP contribution in [-0.2, 0) is 10.2 Å². The third-order valence-corrected chi connectivity index (χ3v) is 7.34. The van der Waals surface area contributed by atoms with Crippen molar-refractivity contribution in [3.05, 3.63) is 83.9 Å². The Morgan fingerprint density at radius 2 is 1.63 bits per heavy atom. The number of aromatic hydroxyl groups is 1. The van der Waals surface area contributed by atoms with E-state index in [1.807, 2.05) is 38.1 Å². The van der Waals surface area contributed by atoms with Gasteiger partial charge in [0.2, 0.25) is 0 Å².